The first-order chi connectivity index (χ1) is 17.3. The van der Waals surface area contributed by atoms with Crippen molar-refractivity contribution in [3.8, 4) is 0 Å². The van der Waals surface area contributed by atoms with E-state index in [2.05, 4.69) is 25.7 Å². The number of aromatic nitrogens is 5. The number of nitrogens with two attached hydrogens (primary N) is 1. The van der Waals surface area contributed by atoms with Crippen molar-refractivity contribution in [2.24, 2.45) is 5.16 Å². The molecular weight excluding hydrogens is 514 g/mol. The minimum absolute atomic E-state index is 0.0512. The number of nitrogen functional groups attached to an aromatic ring is 1. The number of thioether (sulfide) groups is 1. The van der Waals surface area contributed by atoms with Gasteiger partial charge in [0.1, 0.15) is 29.7 Å². The number of amides is 2. The van der Waals surface area contributed by atoms with Crippen LogP contribution in [0.3, 0.4) is 0 Å². The van der Waals surface area contributed by atoms with Gasteiger partial charge in [-0.25, -0.2) is 9.50 Å². The molecule has 5 rings (SSSR count). The highest BCUT2D eigenvalue weighted by molar-refractivity contribution is 8.00. The Morgan fingerprint density at radius 2 is 2.25 bits per heavy atom. The van der Waals surface area contributed by atoms with E-state index >= 15 is 0 Å². The van der Waals surface area contributed by atoms with Gasteiger partial charge in [-0.05, 0) is 0 Å². The number of rotatable bonds is 7. The number of aromatic amines is 1. The number of nitrogens with zero attached hydrogens (tertiary/aromatic N) is 6. The number of β-lactam (4-membered cyclic amide) rings is 1. The quantitative estimate of drug-likeness (QED) is 0.121. The van der Waals surface area contributed by atoms with E-state index in [0.717, 1.165) is 16.2 Å². The van der Waals surface area contributed by atoms with Crippen LogP contribution in [-0.4, -0.2) is 72.4 Å². The second-order valence-electron chi connectivity index (χ2n) is 7.67. The summed E-state index contributed by atoms with van der Waals surface area (Å²) < 4.78 is 2.88. The van der Waals surface area contributed by atoms with Crippen molar-refractivity contribution in [2.75, 3.05) is 18.6 Å². The molecule has 2 aliphatic rings. The average molecular weight is 532 g/mol. The molecule has 2 unspecified atom stereocenters. The Morgan fingerprint density at radius 1 is 1.44 bits per heavy atom. The van der Waals surface area contributed by atoms with Gasteiger partial charge < -0.3 is 25.8 Å². The van der Waals surface area contributed by atoms with Crippen molar-refractivity contribution in [1.82, 2.24) is 29.9 Å². The van der Waals surface area contributed by atoms with Gasteiger partial charge in [-0.1, -0.05) is 9.84 Å². The molecule has 3 aromatic rings. The van der Waals surface area contributed by atoms with Gasteiger partial charge in [-0.15, -0.1) is 23.1 Å². The molecule has 0 aromatic carbocycles. The number of carbonyl (C=O) groups excluding carboxylic acids is 3. The Labute approximate surface area is 209 Å². The highest BCUT2D eigenvalue weighted by Crippen LogP contribution is 2.40. The van der Waals surface area contributed by atoms with Crippen LogP contribution in [0.4, 0.5) is 5.13 Å². The summed E-state index contributed by atoms with van der Waals surface area (Å²) in [6, 6.07) is 0.371. The predicted octanol–water partition coefficient (Wildman–Crippen LogP) is -3.20. The van der Waals surface area contributed by atoms with E-state index in [1.807, 2.05) is 0 Å². The zero-order valence-electron chi connectivity index (χ0n) is 18.4. The van der Waals surface area contributed by atoms with Crippen LogP contribution in [0.1, 0.15) is 5.69 Å². The Kier molecular flexibility index (Phi) is 5.92. The first-order valence-corrected chi connectivity index (χ1v) is 12.2. The van der Waals surface area contributed by atoms with Gasteiger partial charge in [-0.2, -0.15) is 0 Å². The molecule has 0 saturated carbocycles. The van der Waals surface area contributed by atoms with Crippen molar-refractivity contribution in [3.63, 3.8) is 0 Å². The lowest BCUT2D eigenvalue weighted by molar-refractivity contribution is -0.746. The molecule has 0 bridgehead atoms. The highest BCUT2D eigenvalue weighted by atomic mass is 32.2. The number of nitrogens with one attached hydrogen (secondary N) is 2. The van der Waals surface area contributed by atoms with Crippen molar-refractivity contribution < 1.29 is 29.0 Å². The lowest BCUT2D eigenvalue weighted by Gasteiger charge is -2.50. The zero-order valence-corrected chi connectivity index (χ0v) is 20.0. The van der Waals surface area contributed by atoms with Gasteiger partial charge in [0.2, 0.25) is 6.20 Å². The van der Waals surface area contributed by atoms with Crippen LogP contribution in [-0.2, 0) is 25.8 Å². The summed E-state index contributed by atoms with van der Waals surface area (Å²) in [4.78, 5) is 59.2. The number of carboxylic acid groups (broad SMARTS) is 1. The number of hydrogen-bond donors (Lipinski definition) is 3. The van der Waals surface area contributed by atoms with Crippen LogP contribution in [0.2, 0.25) is 0 Å². The number of fused-ring (bicyclic) bond motifs is 2. The third-order valence-corrected chi connectivity index (χ3v) is 7.44. The number of H-pyrrole nitrogens is 1. The summed E-state index contributed by atoms with van der Waals surface area (Å²) in [5.74, 6) is -2.61. The molecule has 15 nitrogen and oxygen atoms in total. The summed E-state index contributed by atoms with van der Waals surface area (Å²) in [5, 5.41) is 26.1. The maximum absolute atomic E-state index is 12.9. The molecule has 5 heterocycles. The SMILES string of the molecule is CO/N=C(\C(=O)NC1C(=O)N2C(C(=O)[O-])=C(C[n+]3cc4cc(=O)[nH]n4cn3)CSC12)c1csc(N)n1. The van der Waals surface area contributed by atoms with Crippen LogP contribution in [0, 0.1) is 0 Å². The Morgan fingerprint density at radius 3 is 2.94 bits per heavy atom. The van der Waals surface area contributed by atoms with Gasteiger partial charge in [0, 0.05) is 27.9 Å². The Hall–Kier alpha value is -4.25. The van der Waals surface area contributed by atoms with Gasteiger partial charge >= 0.3 is 0 Å². The monoisotopic (exact) mass is 531 g/mol. The van der Waals surface area contributed by atoms with E-state index < -0.39 is 29.2 Å². The fourth-order valence-electron chi connectivity index (χ4n) is 3.90. The first kappa shape index (κ1) is 23.5. The molecule has 17 heteroatoms. The van der Waals surface area contributed by atoms with Gasteiger partial charge in [0.05, 0.1) is 11.7 Å². The largest absolute Gasteiger partial charge is 0.543 e. The molecule has 0 spiro atoms. The molecule has 2 atom stereocenters. The molecule has 3 aromatic heterocycles. The lowest BCUT2D eigenvalue weighted by Crippen LogP contribution is -2.71. The predicted molar refractivity (Wildman–Crippen MR) is 123 cm³/mol. The lowest BCUT2D eigenvalue weighted by atomic mass is 10.0. The number of thiazole rings is 1. The number of anilines is 1. The molecule has 186 valence electrons. The summed E-state index contributed by atoms with van der Waals surface area (Å²) in [6.07, 6.45) is 2.95. The van der Waals surface area contributed by atoms with E-state index in [1.54, 1.807) is 6.20 Å². The number of aliphatic carboxylic acids is 1. The third-order valence-electron chi connectivity index (χ3n) is 5.43. The van der Waals surface area contributed by atoms with Crippen LogP contribution in [0.5, 0.6) is 0 Å². The summed E-state index contributed by atoms with van der Waals surface area (Å²) in [7, 11) is 1.26. The molecule has 1 saturated heterocycles. The van der Waals surface area contributed by atoms with Crippen molar-refractivity contribution >= 4 is 57.2 Å². The molecule has 4 N–H and O–H groups in total. The standard InChI is InChI=1S/C19H17N9O6S2/c1-34-25-12(10-6-36-19(20)22-10)15(30)23-13-16(31)28-14(18(32)33)8(5-35-17(13)28)3-26-4-9-2-11(29)24-27(9)7-21-26/h2,4,6-7,13,17H,3,5H2,1H3,(H4-,20,22,23,24,29,30,32,33)/b25-12-. The minimum Gasteiger partial charge on any atom is -0.543 e. The third kappa shape index (κ3) is 4.07. The smallest absolute Gasteiger partial charge is 0.276 e. The van der Waals surface area contributed by atoms with E-state index in [0.29, 0.717) is 11.1 Å². The maximum Gasteiger partial charge on any atom is 0.276 e. The van der Waals surface area contributed by atoms with Crippen LogP contribution >= 0.6 is 23.1 Å². The molecule has 2 aliphatic heterocycles. The second kappa shape index (κ2) is 9.08. The van der Waals surface area contributed by atoms with E-state index in [1.165, 1.54) is 45.8 Å². The van der Waals surface area contributed by atoms with Crippen LogP contribution in [0.25, 0.3) is 5.52 Å². The van der Waals surface area contributed by atoms with Crippen molar-refractivity contribution in [2.45, 2.75) is 18.0 Å². The normalized spacial score (nSPS) is 19.8. The van der Waals surface area contributed by atoms with Crippen LogP contribution in [0.15, 0.2) is 45.2 Å². The van der Waals surface area contributed by atoms with E-state index in [4.69, 9.17) is 10.6 Å². The van der Waals surface area contributed by atoms with Crippen molar-refractivity contribution in [1.29, 1.82) is 0 Å². The number of carbonyl (C=O) groups is 3. The number of oxime groups is 1. The highest BCUT2D eigenvalue weighted by Gasteiger charge is 2.53. The molecule has 36 heavy (non-hydrogen) atoms. The van der Waals surface area contributed by atoms with E-state index in [-0.39, 0.29) is 40.1 Å². The Bertz CT molecular complexity index is 1520. The summed E-state index contributed by atoms with van der Waals surface area (Å²) in [6.45, 7) is 0.0512. The molecular formula is C19H17N9O6S2. The summed E-state index contributed by atoms with van der Waals surface area (Å²) in [5.41, 5.74) is 5.99. The van der Waals surface area contributed by atoms with Crippen LogP contribution < -0.4 is 26.4 Å². The topological polar surface area (TPSA) is 204 Å². The fourth-order valence-corrected chi connectivity index (χ4v) is 5.78. The molecule has 0 aliphatic carbocycles. The van der Waals surface area contributed by atoms with Crippen molar-refractivity contribution in [3.05, 3.63) is 51.3 Å². The second-order valence-corrected chi connectivity index (χ2v) is 9.66. The molecule has 1 fully saturated rings. The fraction of sp³-hybridized carbons (Fsp3) is 0.263. The molecule has 0 radical (unpaired) electrons. The summed E-state index contributed by atoms with van der Waals surface area (Å²) >= 11 is 2.39. The average Bonchev–Trinajstić information content (AvgIpc) is 3.44. The number of hydrogen-bond acceptors (Lipinski definition) is 12. The van der Waals surface area contributed by atoms with E-state index in [9.17, 15) is 24.3 Å². The van der Waals surface area contributed by atoms with Gasteiger partial charge in [0.15, 0.2) is 23.7 Å². The zero-order chi connectivity index (χ0) is 25.6. The van der Waals surface area contributed by atoms with Gasteiger partial charge in [0.25, 0.3) is 17.4 Å². The number of carboxylic acids is 1. The first-order valence-electron chi connectivity index (χ1n) is 10.3. The van der Waals surface area contributed by atoms with Gasteiger partial charge in [-0.3, -0.25) is 24.4 Å². The molecule has 2 amide bonds. The maximum atomic E-state index is 12.9. The minimum atomic E-state index is -1.52. The Balaban J connectivity index is 1.36.